The van der Waals surface area contributed by atoms with E-state index >= 15 is 0 Å². The fraction of sp³-hybridized carbons (Fsp3) is 0.333. The minimum atomic E-state index is -3.53. The van der Waals surface area contributed by atoms with Crippen molar-refractivity contribution in [3.05, 3.63) is 53.7 Å². The maximum Gasteiger partial charge on any atom is 0.252 e. The van der Waals surface area contributed by atoms with Crippen LogP contribution in [-0.2, 0) is 16.4 Å². The highest BCUT2D eigenvalue weighted by atomic mass is 32.2. The van der Waals surface area contributed by atoms with Gasteiger partial charge in [0.05, 0.1) is 15.7 Å². The smallest absolute Gasteiger partial charge is 0.252 e. The summed E-state index contributed by atoms with van der Waals surface area (Å²) in [7, 11) is 0.268. The van der Waals surface area contributed by atoms with E-state index in [1.54, 1.807) is 32.2 Å². The average Bonchev–Trinajstić information content (AvgIpc) is 2.59. The first-order valence-corrected chi connectivity index (χ1v) is 9.51. The summed E-state index contributed by atoms with van der Waals surface area (Å²) in [5.41, 5.74) is 0.997. The topological polar surface area (TPSA) is 79.4 Å². The van der Waals surface area contributed by atoms with E-state index in [9.17, 15) is 13.2 Å². The van der Waals surface area contributed by atoms with Crippen LogP contribution in [0.1, 0.15) is 29.8 Å². The Morgan fingerprint density at radius 1 is 1.16 bits per heavy atom. The molecular formula is C18H23N3O3S. The van der Waals surface area contributed by atoms with Crippen LogP contribution in [0, 0.1) is 0 Å². The van der Waals surface area contributed by atoms with E-state index in [1.165, 1.54) is 12.1 Å². The minimum absolute atomic E-state index is 0.0589. The second kappa shape index (κ2) is 7.65. The third-order valence-electron chi connectivity index (χ3n) is 3.78. The molecule has 134 valence electrons. The zero-order valence-electron chi connectivity index (χ0n) is 14.9. The summed E-state index contributed by atoms with van der Waals surface area (Å²) in [6, 6.07) is 10.0. The highest BCUT2D eigenvalue weighted by molar-refractivity contribution is 7.92. The van der Waals surface area contributed by atoms with E-state index in [2.05, 4.69) is 10.3 Å². The molecule has 1 heterocycles. The Morgan fingerprint density at radius 3 is 2.40 bits per heavy atom. The molecule has 0 aliphatic carbocycles. The Balaban J connectivity index is 2.17. The van der Waals surface area contributed by atoms with Gasteiger partial charge in [0.15, 0.2) is 9.84 Å². The Bertz CT molecular complexity index is 844. The second-order valence-electron chi connectivity index (χ2n) is 6.19. The Morgan fingerprint density at radius 2 is 1.84 bits per heavy atom. The molecule has 0 radical (unpaired) electrons. The number of anilines is 1. The van der Waals surface area contributed by atoms with Crippen molar-refractivity contribution in [2.45, 2.75) is 30.5 Å². The monoisotopic (exact) mass is 361 g/mol. The number of amides is 1. The molecule has 0 aliphatic heterocycles. The largest absolute Gasteiger partial charge is 0.363 e. The summed E-state index contributed by atoms with van der Waals surface area (Å²) in [5, 5.41) is 2.17. The molecular weight excluding hydrogens is 338 g/mol. The zero-order valence-corrected chi connectivity index (χ0v) is 15.7. The first kappa shape index (κ1) is 18.9. The number of pyridine rings is 1. The first-order chi connectivity index (χ1) is 11.7. The molecule has 0 unspecified atom stereocenters. The maximum absolute atomic E-state index is 12.5. The predicted octanol–water partition coefficient (Wildman–Crippen LogP) is 2.26. The lowest BCUT2D eigenvalue weighted by Crippen LogP contribution is -2.26. The van der Waals surface area contributed by atoms with Gasteiger partial charge in [-0.05, 0) is 37.6 Å². The molecule has 6 nitrogen and oxygen atoms in total. The van der Waals surface area contributed by atoms with Gasteiger partial charge in [-0.3, -0.25) is 4.79 Å². The molecule has 1 aromatic heterocycles. The Labute approximate surface area is 148 Å². The molecule has 2 rings (SSSR count). The lowest BCUT2D eigenvalue weighted by Gasteiger charge is -2.13. The molecule has 7 heteroatoms. The van der Waals surface area contributed by atoms with Crippen LogP contribution in [0.5, 0.6) is 0 Å². The third-order valence-corrected chi connectivity index (χ3v) is 5.99. The molecule has 25 heavy (non-hydrogen) atoms. The van der Waals surface area contributed by atoms with Gasteiger partial charge in [-0.2, -0.15) is 0 Å². The van der Waals surface area contributed by atoms with Crippen LogP contribution in [0.3, 0.4) is 0 Å². The summed E-state index contributed by atoms with van der Waals surface area (Å²) in [6.45, 7) is 3.47. The molecule has 1 N–H and O–H groups in total. The Hall–Kier alpha value is -2.41. The van der Waals surface area contributed by atoms with Crippen LogP contribution in [-0.4, -0.2) is 38.7 Å². The van der Waals surface area contributed by atoms with Crippen molar-refractivity contribution in [2.75, 3.05) is 19.0 Å². The molecule has 0 bridgehead atoms. The molecule has 1 amide bonds. The van der Waals surface area contributed by atoms with E-state index in [0.29, 0.717) is 0 Å². The van der Waals surface area contributed by atoms with Gasteiger partial charge in [0.25, 0.3) is 5.91 Å². The van der Waals surface area contributed by atoms with Crippen molar-refractivity contribution in [3.63, 3.8) is 0 Å². The second-order valence-corrected chi connectivity index (χ2v) is 8.66. The molecule has 2 aromatic rings. The van der Waals surface area contributed by atoms with Crippen molar-refractivity contribution < 1.29 is 13.2 Å². The van der Waals surface area contributed by atoms with Crippen LogP contribution in [0.2, 0.25) is 0 Å². The molecule has 0 saturated heterocycles. The first-order valence-electron chi connectivity index (χ1n) is 7.97. The summed E-state index contributed by atoms with van der Waals surface area (Å²) in [6.07, 6.45) is 1.69. The number of hydrogen-bond acceptors (Lipinski definition) is 5. The highest BCUT2D eigenvalue weighted by Gasteiger charge is 2.25. The molecule has 0 saturated carbocycles. The summed E-state index contributed by atoms with van der Waals surface area (Å²) in [5.74, 6) is 0.403. The number of hydrogen-bond donors (Lipinski definition) is 1. The minimum Gasteiger partial charge on any atom is -0.363 e. The van der Waals surface area contributed by atoms with Gasteiger partial charge in [-0.25, -0.2) is 13.4 Å². The number of sulfone groups is 1. The highest BCUT2D eigenvalue weighted by Crippen LogP contribution is 2.20. The van der Waals surface area contributed by atoms with Gasteiger partial charge >= 0.3 is 0 Å². The van der Waals surface area contributed by atoms with Gasteiger partial charge in [-0.1, -0.05) is 18.2 Å². The molecule has 1 aromatic carbocycles. The van der Waals surface area contributed by atoms with E-state index in [4.69, 9.17) is 0 Å². The number of carbonyl (C=O) groups excluding carboxylic acids is 1. The maximum atomic E-state index is 12.5. The van der Waals surface area contributed by atoms with Crippen molar-refractivity contribution in [1.29, 1.82) is 0 Å². The normalized spacial score (nSPS) is 11.4. The van der Waals surface area contributed by atoms with Crippen LogP contribution in [0.25, 0.3) is 0 Å². The van der Waals surface area contributed by atoms with Gasteiger partial charge < -0.3 is 10.2 Å². The number of nitrogens with zero attached hydrogens (tertiary/aromatic N) is 2. The Kier molecular flexibility index (Phi) is 5.79. The summed E-state index contributed by atoms with van der Waals surface area (Å²) >= 11 is 0. The van der Waals surface area contributed by atoms with Crippen LogP contribution >= 0.6 is 0 Å². The number of benzene rings is 1. The van der Waals surface area contributed by atoms with Gasteiger partial charge in [0.2, 0.25) is 0 Å². The number of rotatable bonds is 6. The fourth-order valence-electron chi connectivity index (χ4n) is 2.22. The van der Waals surface area contributed by atoms with Crippen molar-refractivity contribution in [3.8, 4) is 0 Å². The fourth-order valence-corrected chi connectivity index (χ4v) is 3.46. The van der Waals surface area contributed by atoms with Gasteiger partial charge in [-0.15, -0.1) is 0 Å². The van der Waals surface area contributed by atoms with E-state index in [0.717, 1.165) is 11.4 Å². The van der Waals surface area contributed by atoms with Crippen LogP contribution in [0.4, 0.5) is 5.82 Å². The van der Waals surface area contributed by atoms with E-state index in [-0.39, 0.29) is 17.0 Å². The molecule has 0 fully saturated rings. The lowest BCUT2D eigenvalue weighted by molar-refractivity contribution is 0.0947. The SMILES string of the molecule is CC(C)S(=O)(=O)c1ccccc1C(=O)NCc1ccc(N(C)C)nc1. The zero-order chi connectivity index (χ0) is 18.6. The number of aromatic nitrogens is 1. The number of nitrogens with one attached hydrogen (secondary N) is 1. The molecule has 0 atom stereocenters. The standard InChI is InChI=1S/C18H23N3O3S/c1-13(2)25(23,24)16-8-6-5-7-15(16)18(22)20-12-14-9-10-17(19-11-14)21(3)4/h5-11,13H,12H2,1-4H3,(H,20,22). The van der Waals surface area contributed by atoms with Gasteiger partial charge in [0, 0.05) is 26.8 Å². The van der Waals surface area contributed by atoms with Crippen LogP contribution in [0.15, 0.2) is 47.5 Å². The summed E-state index contributed by atoms with van der Waals surface area (Å²) < 4.78 is 24.9. The predicted molar refractivity (Wildman–Crippen MR) is 98.5 cm³/mol. The molecule has 0 spiro atoms. The van der Waals surface area contributed by atoms with E-state index in [1.807, 2.05) is 31.1 Å². The van der Waals surface area contributed by atoms with Crippen molar-refractivity contribution >= 4 is 21.6 Å². The number of carbonyl (C=O) groups is 1. The lowest BCUT2D eigenvalue weighted by atomic mass is 10.2. The quantitative estimate of drug-likeness (QED) is 0.854. The van der Waals surface area contributed by atoms with Crippen molar-refractivity contribution in [1.82, 2.24) is 10.3 Å². The van der Waals surface area contributed by atoms with Gasteiger partial charge in [0.1, 0.15) is 5.82 Å². The third kappa shape index (κ3) is 4.36. The molecule has 0 aliphatic rings. The van der Waals surface area contributed by atoms with Crippen LogP contribution < -0.4 is 10.2 Å². The summed E-state index contributed by atoms with van der Waals surface area (Å²) in [4.78, 5) is 18.7. The van der Waals surface area contributed by atoms with E-state index < -0.39 is 21.0 Å². The van der Waals surface area contributed by atoms with Crippen molar-refractivity contribution in [2.24, 2.45) is 0 Å². The average molecular weight is 361 g/mol.